The van der Waals surface area contributed by atoms with Crippen LogP contribution < -0.4 is 4.90 Å². The molecule has 20 heavy (non-hydrogen) atoms. The van der Waals surface area contributed by atoms with Crippen molar-refractivity contribution in [3.05, 3.63) is 40.6 Å². The monoisotopic (exact) mass is 339 g/mol. The lowest BCUT2D eigenvalue weighted by molar-refractivity contribution is -0.147. The maximum atomic E-state index is 12.1. The van der Waals surface area contributed by atoms with E-state index in [0.29, 0.717) is 5.69 Å². The number of nitrogens with zero attached hydrogens (tertiary/aromatic N) is 1. The Bertz CT molecular complexity index is 581. The van der Waals surface area contributed by atoms with Crippen LogP contribution in [0.2, 0.25) is 0 Å². The molecule has 0 saturated carbocycles. The van der Waals surface area contributed by atoms with Crippen LogP contribution in [0.15, 0.2) is 40.6 Å². The van der Waals surface area contributed by atoms with E-state index in [2.05, 4.69) is 15.9 Å². The predicted molar refractivity (Wildman–Crippen MR) is 77.4 cm³/mol. The number of halogens is 1. The molecule has 0 unspecified atom stereocenters. The molecule has 1 N–H and O–H groups in total. The number of aliphatic hydroxyl groups excluding tert-OH is 1. The van der Waals surface area contributed by atoms with E-state index in [1.807, 2.05) is 0 Å². The average Bonchev–Trinajstić information content (AvgIpc) is 2.63. The highest BCUT2D eigenvalue weighted by Crippen LogP contribution is 2.34. The Morgan fingerprint density at radius 1 is 1.40 bits per heavy atom. The first-order chi connectivity index (χ1) is 9.40. The van der Waals surface area contributed by atoms with Crippen molar-refractivity contribution in [2.45, 2.75) is 19.4 Å². The molecule has 5 nitrogen and oxygen atoms in total. The maximum absolute atomic E-state index is 12.1. The minimum absolute atomic E-state index is 0.200. The Kier molecular flexibility index (Phi) is 3.85. The van der Waals surface area contributed by atoms with E-state index in [1.165, 1.54) is 17.9 Å². The number of ether oxygens (including phenoxy) is 1. The number of hydrogen-bond acceptors (Lipinski definition) is 4. The molecule has 106 valence electrons. The normalized spacial score (nSPS) is 21.9. The van der Waals surface area contributed by atoms with Crippen LogP contribution in [0.1, 0.15) is 13.8 Å². The Labute approximate surface area is 125 Å². The summed E-state index contributed by atoms with van der Waals surface area (Å²) >= 11 is 3.31. The van der Waals surface area contributed by atoms with Crippen LogP contribution in [0.3, 0.4) is 0 Å². The first-order valence-corrected chi connectivity index (χ1v) is 6.88. The zero-order chi connectivity index (χ0) is 14.9. The van der Waals surface area contributed by atoms with Crippen LogP contribution in [0.25, 0.3) is 0 Å². The first kappa shape index (κ1) is 14.6. The number of aliphatic hydroxyl groups is 1. The van der Waals surface area contributed by atoms with Crippen molar-refractivity contribution in [3.63, 3.8) is 0 Å². The fourth-order valence-corrected chi connectivity index (χ4v) is 2.39. The van der Waals surface area contributed by atoms with Crippen molar-refractivity contribution in [1.29, 1.82) is 0 Å². The quantitative estimate of drug-likeness (QED) is 0.859. The van der Waals surface area contributed by atoms with Crippen LogP contribution in [0.4, 0.5) is 5.69 Å². The van der Waals surface area contributed by atoms with Gasteiger partial charge >= 0.3 is 5.97 Å². The second-order valence-electron chi connectivity index (χ2n) is 4.51. The van der Waals surface area contributed by atoms with Crippen LogP contribution in [-0.2, 0) is 14.3 Å². The summed E-state index contributed by atoms with van der Waals surface area (Å²) in [6.07, 6.45) is 1.22. The largest absolute Gasteiger partial charge is 0.503 e. The lowest BCUT2D eigenvalue weighted by Crippen LogP contribution is -2.51. The number of benzene rings is 1. The maximum Gasteiger partial charge on any atom is 0.336 e. The van der Waals surface area contributed by atoms with Gasteiger partial charge in [0.2, 0.25) is 0 Å². The molecule has 1 aromatic rings. The molecule has 0 spiro atoms. The van der Waals surface area contributed by atoms with Gasteiger partial charge in [0.05, 0.1) is 6.61 Å². The zero-order valence-corrected chi connectivity index (χ0v) is 12.7. The van der Waals surface area contributed by atoms with Crippen molar-refractivity contribution in [3.8, 4) is 0 Å². The molecule has 0 aliphatic carbocycles. The summed E-state index contributed by atoms with van der Waals surface area (Å²) in [5.74, 6) is -1.66. The van der Waals surface area contributed by atoms with E-state index in [4.69, 9.17) is 4.74 Å². The standard InChI is InChI=1S/C14H14BrNO4/c1-3-20-13(19)14(2)8-11(17)12(18)16(14)10-6-4-9(15)5-7-10/h4-8,17H,3H2,1-2H3/t14-/m1/s1. The highest BCUT2D eigenvalue weighted by molar-refractivity contribution is 9.10. The van der Waals surface area contributed by atoms with Crippen LogP contribution in [0, 0.1) is 0 Å². The molecule has 1 aliphatic rings. The molecule has 2 rings (SSSR count). The highest BCUT2D eigenvalue weighted by atomic mass is 79.9. The fourth-order valence-electron chi connectivity index (χ4n) is 2.12. The van der Waals surface area contributed by atoms with Gasteiger partial charge in [-0.25, -0.2) is 4.79 Å². The van der Waals surface area contributed by atoms with Gasteiger partial charge in [-0.2, -0.15) is 0 Å². The Balaban J connectivity index is 2.46. The third-order valence-electron chi connectivity index (χ3n) is 3.08. The smallest absolute Gasteiger partial charge is 0.336 e. The molecular formula is C14H14BrNO4. The van der Waals surface area contributed by atoms with Gasteiger partial charge in [-0.05, 0) is 38.1 Å². The number of anilines is 1. The van der Waals surface area contributed by atoms with E-state index >= 15 is 0 Å². The van der Waals surface area contributed by atoms with Crippen molar-refractivity contribution in [1.82, 2.24) is 0 Å². The van der Waals surface area contributed by atoms with Gasteiger partial charge < -0.3 is 9.84 Å². The molecule has 6 heteroatoms. The van der Waals surface area contributed by atoms with Gasteiger partial charge in [-0.3, -0.25) is 9.69 Å². The zero-order valence-electron chi connectivity index (χ0n) is 11.1. The summed E-state index contributed by atoms with van der Waals surface area (Å²) in [6.45, 7) is 3.42. The molecule has 0 aromatic heterocycles. The van der Waals surface area contributed by atoms with Crippen LogP contribution in [0.5, 0.6) is 0 Å². The lowest BCUT2D eigenvalue weighted by atomic mass is 10.0. The third kappa shape index (κ3) is 2.31. The number of carbonyl (C=O) groups is 2. The van der Waals surface area contributed by atoms with E-state index in [1.54, 1.807) is 31.2 Å². The second kappa shape index (κ2) is 5.28. The summed E-state index contributed by atoms with van der Waals surface area (Å²) in [4.78, 5) is 25.5. The Hall–Kier alpha value is -1.82. The molecule has 1 aliphatic heterocycles. The summed E-state index contributed by atoms with van der Waals surface area (Å²) in [5, 5.41) is 9.69. The number of carbonyl (C=O) groups excluding carboxylic acids is 2. The first-order valence-electron chi connectivity index (χ1n) is 6.09. The van der Waals surface area contributed by atoms with Crippen molar-refractivity contribution >= 4 is 33.5 Å². The Morgan fingerprint density at radius 2 is 2.00 bits per heavy atom. The van der Waals surface area contributed by atoms with Crippen molar-refractivity contribution in [2.24, 2.45) is 0 Å². The van der Waals surface area contributed by atoms with E-state index in [-0.39, 0.29) is 6.61 Å². The molecule has 0 fully saturated rings. The van der Waals surface area contributed by atoms with Gasteiger partial charge in [-0.15, -0.1) is 0 Å². The Morgan fingerprint density at radius 3 is 2.55 bits per heavy atom. The van der Waals surface area contributed by atoms with E-state index in [0.717, 1.165) is 4.47 Å². The number of hydrogen-bond donors (Lipinski definition) is 1. The van der Waals surface area contributed by atoms with E-state index in [9.17, 15) is 14.7 Å². The van der Waals surface area contributed by atoms with Crippen molar-refractivity contribution < 1.29 is 19.4 Å². The summed E-state index contributed by atoms with van der Waals surface area (Å²) < 4.78 is 5.85. The number of esters is 1. The molecule has 0 saturated heterocycles. The SMILES string of the molecule is CCOC(=O)[C@@]1(C)C=C(O)C(=O)N1c1ccc(Br)cc1. The summed E-state index contributed by atoms with van der Waals surface area (Å²) in [5.41, 5.74) is -0.834. The number of rotatable bonds is 3. The molecular weight excluding hydrogens is 326 g/mol. The van der Waals surface area contributed by atoms with Crippen LogP contribution >= 0.6 is 15.9 Å². The minimum atomic E-state index is -1.34. The third-order valence-corrected chi connectivity index (χ3v) is 3.61. The fraction of sp³-hybridized carbons (Fsp3) is 0.286. The molecule has 1 aromatic carbocycles. The molecule has 1 heterocycles. The average molecular weight is 340 g/mol. The lowest BCUT2D eigenvalue weighted by Gasteiger charge is -2.31. The summed E-state index contributed by atoms with van der Waals surface area (Å²) in [7, 11) is 0. The van der Waals surface area contributed by atoms with E-state index < -0.39 is 23.2 Å². The van der Waals surface area contributed by atoms with Crippen molar-refractivity contribution in [2.75, 3.05) is 11.5 Å². The van der Waals surface area contributed by atoms with Gasteiger partial charge in [0, 0.05) is 16.2 Å². The molecule has 1 atom stereocenters. The molecule has 0 bridgehead atoms. The second-order valence-corrected chi connectivity index (χ2v) is 5.43. The topological polar surface area (TPSA) is 66.8 Å². The predicted octanol–water partition coefficient (Wildman–Crippen LogP) is 2.56. The molecule has 0 radical (unpaired) electrons. The van der Waals surface area contributed by atoms with Gasteiger partial charge in [0.1, 0.15) is 0 Å². The highest BCUT2D eigenvalue weighted by Gasteiger charge is 2.49. The summed E-state index contributed by atoms with van der Waals surface area (Å²) in [6, 6.07) is 6.88. The molecule has 1 amide bonds. The van der Waals surface area contributed by atoms with Crippen LogP contribution in [-0.4, -0.2) is 29.1 Å². The number of amides is 1. The van der Waals surface area contributed by atoms with Gasteiger partial charge in [0.15, 0.2) is 11.3 Å². The van der Waals surface area contributed by atoms with Gasteiger partial charge in [0.25, 0.3) is 5.91 Å². The van der Waals surface area contributed by atoms with Gasteiger partial charge in [-0.1, -0.05) is 15.9 Å². The minimum Gasteiger partial charge on any atom is -0.503 e.